The van der Waals surface area contributed by atoms with E-state index >= 15 is 0 Å². The average molecular weight is 396 g/mol. The van der Waals surface area contributed by atoms with E-state index in [0.29, 0.717) is 0 Å². The number of nitrogens with one attached hydrogen (secondary N) is 2. The summed E-state index contributed by atoms with van der Waals surface area (Å²) >= 11 is 0. The minimum absolute atomic E-state index is 0.212. The summed E-state index contributed by atoms with van der Waals surface area (Å²) in [6, 6.07) is 7.32. The van der Waals surface area contributed by atoms with Gasteiger partial charge in [0.25, 0.3) is 0 Å². The second kappa shape index (κ2) is 6.90. The average Bonchev–Trinajstić information content (AvgIpc) is 2.61. The predicted molar refractivity (Wildman–Crippen MR) is 90.8 cm³/mol. The molecule has 1 saturated heterocycles. The fourth-order valence-electron chi connectivity index (χ4n) is 3.18. The van der Waals surface area contributed by atoms with E-state index in [0.717, 1.165) is 29.8 Å². The van der Waals surface area contributed by atoms with Crippen molar-refractivity contribution in [1.29, 1.82) is 0 Å². The summed E-state index contributed by atoms with van der Waals surface area (Å²) in [5.41, 5.74) is -3.01. The van der Waals surface area contributed by atoms with E-state index in [9.17, 15) is 32.3 Å². The molecule has 0 spiro atoms. The Bertz CT molecular complexity index is 897. The standard InChI is InChI=1S/C19H16F4N2O3/c1-10-2-4-11(5-3-10)15-14(16(26)12-6-8-13(20)9-7-12)18(28,19(21,22)23)25-17(27)24-15/h2-9,14-15,28H,1H3,(H2,24,25,27)/t14-,15+,18+/m1/s1. The minimum Gasteiger partial charge on any atom is -0.363 e. The molecule has 0 aromatic heterocycles. The molecule has 5 nitrogen and oxygen atoms in total. The van der Waals surface area contributed by atoms with Gasteiger partial charge in [0.15, 0.2) is 5.78 Å². The van der Waals surface area contributed by atoms with Gasteiger partial charge in [-0.1, -0.05) is 29.8 Å². The van der Waals surface area contributed by atoms with Crippen LogP contribution < -0.4 is 10.6 Å². The molecule has 1 heterocycles. The molecule has 28 heavy (non-hydrogen) atoms. The van der Waals surface area contributed by atoms with Crippen LogP contribution in [0, 0.1) is 18.7 Å². The fourth-order valence-corrected chi connectivity index (χ4v) is 3.18. The van der Waals surface area contributed by atoms with E-state index in [2.05, 4.69) is 5.32 Å². The predicted octanol–water partition coefficient (Wildman–Crippen LogP) is 3.24. The number of ketones is 1. The lowest BCUT2D eigenvalue weighted by molar-refractivity contribution is -0.287. The van der Waals surface area contributed by atoms with Crippen LogP contribution in [0.15, 0.2) is 48.5 Å². The molecular weight excluding hydrogens is 380 g/mol. The second-order valence-electron chi connectivity index (χ2n) is 6.60. The Hall–Kier alpha value is -2.94. The Morgan fingerprint density at radius 1 is 1.07 bits per heavy atom. The third-order valence-corrected chi connectivity index (χ3v) is 4.65. The number of halogens is 4. The van der Waals surface area contributed by atoms with Gasteiger partial charge < -0.3 is 15.7 Å². The lowest BCUT2D eigenvalue weighted by atomic mass is 9.77. The maximum atomic E-state index is 13.7. The number of carbonyl (C=O) groups is 2. The normalized spacial score (nSPS) is 25.0. The van der Waals surface area contributed by atoms with Crippen LogP contribution in [0.5, 0.6) is 0 Å². The number of hydrogen-bond donors (Lipinski definition) is 3. The number of benzene rings is 2. The van der Waals surface area contributed by atoms with E-state index in [4.69, 9.17) is 0 Å². The Morgan fingerprint density at radius 2 is 1.64 bits per heavy atom. The van der Waals surface area contributed by atoms with Crippen molar-refractivity contribution in [3.63, 3.8) is 0 Å². The van der Waals surface area contributed by atoms with Crippen LogP contribution in [0.1, 0.15) is 27.5 Å². The van der Waals surface area contributed by atoms with Crippen molar-refractivity contribution in [2.45, 2.75) is 24.9 Å². The van der Waals surface area contributed by atoms with Crippen molar-refractivity contribution in [1.82, 2.24) is 10.6 Å². The summed E-state index contributed by atoms with van der Waals surface area (Å²) in [6.45, 7) is 1.76. The Morgan fingerprint density at radius 3 is 2.18 bits per heavy atom. The summed E-state index contributed by atoms with van der Waals surface area (Å²) in [6.07, 6.45) is -5.34. The monoisotopic (exact) mass is 396 g/mol. The number of hydrogen-bond acceptors (Lipinski definition) is 3. The second-order valence-corrected chi connectivity index (χ2v) is 6.60. The highest BCUT2D eigenvalue weighted by Gasteiger charge is 2.66. The summed E-state index contributed by atoms with van der Waals surface area (Å²) in [5.74, 6) is -3.91. The van der Waals surface area contributed by atoms with Crippen LogP contribution >= 0.6 is 0 Å². The summed E-state index contributed by atoms with van der Waals surface area (Å²) < 4.78 is 54.4. The molecule has 3 N–H and O–H groups in total. The SMILES string of the molecule is Cc1ccc([C@@H]2NC(=O)N[C@@](O)(C(F)(F)F)[C@H]2C(=O)c2ccc(F)cc2)cc1. The van der Waals surface area contributed by atoms with Gasteiger partial charge in [-0.15, -0.1) is 0 Å². The van der Waals surface area contributed by atoms with Crippen molar-refractivity contribution in [3.8, 4) is 0 Å². The topological polar surface area (TPSA) is 78.4 Å². The zero-order chi connectivity index (χ0) is 20.7. The summed E-state index contributed by atoms with van der Waals surface area (Å²) in [7, 11) is 0. The van der Waals surface area contributed by atoms with Crippen LogP contribution in [0.3, 0.4) is 0 Å². The lowest BCUT2D eigenvalue weighted by Crippen LogP contribution is -2.72. The fraction of sp³-hybridized carbons (Fsp3) is 0.263. The molecule has 0 aliphatic carbocycles. The van der Waals surface area contributed by atoms with E-state index in [1.54, 1.807) is 19.1 Å². The Labute approximate surface area is 157 Å². The third-order valence-electron chi connectivity index (χ3n) is 4.65. The molecule has 0 saturated carbocycles. The number of urea groups is 1. The van der Waals surface area contributed by atoms with E-state index in [-0.39, 0.29) is 11.1 Å². The first-order chi connectivity index (χ1) is 13.0. The maximum absolute atomic E-state index is 13.7. The summed E-state index contributed by atoms with van der Waals surface area (Å²) in [5, 5.41) is 14.1. The van der Waals surface area contributed by atoms with Crippen molar-refractivity contribution < 1.29 is 32.3 Å². The highest BCUT2D eigenvalue weighted by Crippen LogP contribution is 2.43. The van der Waals surface area contributed by atoms with Crippen molar-refractivity contribution >= 4 is 11.8 Å². The van der Waals surface area contributed by atoms with Gasteiger partial charge in [0, 0.05) is 5.56 Å². The van der Waals surface area contributed by atoms with E-state index in [1.807, 2.05) is 0 Å². The molecule has 0 bridgehead atoms. The number of alkyl halides is 3. The molecule has 9 heteroatoms. The molecule has 1 fully saturated rings. The summed E-state index contributed by atoms with van der Waals surface area (Å²) in [4.78, 5) is 24.8. The zero-order valence-electron chi connectivity index (χ0n) is 14.5. The van der Waals surface area contributed by atoms with Crippen molar-refractivity contribution in [2.24, 2.45) is 5.92 Å². The smallest absolute Gasteiger partial charge is 0.363 e. The Balaban J connectivity index is 2.15. The molecular formula is C19H16F4N2O3. The van der Waals surface area contributed by atoms with Crippen molar-refractivity contribution in [3.05, 3.63) is 71.0 Å². The van der Waals surface area contributed by atoms with Gasteiger partial charge in [-0.05, 0) is 36.8 Å². The first kappa shape index (κ1) is 19.8. The molecule has 148 valence electrons. The van der Waals surface area contributed by atoms with E-state index < -0.39 is 41.5 Å². The quantitative estimate of drug-likeness (QED) is 0.551. The van der Waals surface area contributed by atoms with Gasteiger partial charge in [-0.25, -0.2) is 9.18 Å². The number of carbonyl (C=O) groups excluding carboxylic acids is 2. The molecule has 1 aliphatic heterocycles. The molecule has 3 atom stereocenters. The molecule has 0 unspecified atom stereocenters. The Kier molecular flexibility index (Phi) is 4.88. The molecule has 1 aliphatic rings. The molecule has 0 radical (unpaired) electrons. The minimum atomic E-state index is -5.34. The number of aliphatic hydroxyl groups is 1. The molecule has 2 aromatic rings. The highest BCUT2D eigenvalue weighted by molar-refractivity contribution is 6.00. The first-order valence-corrected chi connectivity index (χ1v) is 8.27. The van der Waals surface area contributed by atoms with Crippen LogP contribution in [-0.4, -0.2) is 28.8 Å². The van der Waals surface area contributed by atoms with Gasteiger partial charge in [0.05, 0.1) is 6.04 Å². The van der Waals surface area contributed by atoms with Gasteiger partial charge in [-0.3, -0.25) is 4.79 Å². The van der Waals surface area contributed by atoms with Gasteiger partial charge in [0.1, 0.15) is 11.7 Å². The van der Waals surface area contributed by atoms with Crippen LogP contribution in [0.4, 0.5) is 22.4 Å². The highest BCUT2D eigenvalue weighted by atomic mass is 19.4. The number of aryl methyl sites for hydroxylation is 1. The van der Waals surface area contributed by atoms with Gasteiger partial charge >= 0.3 is 12.2 Å². The van der Waals surface area contributed by atoms with E-state index in [1.165, 1.54) is 17.4 Å². The van der Waals surface area contributed by atoms with Crippen LogP contribution in [-0.2, 0) is 0 Å². The lowest BCUT2D eigenvalue weighted by Gasteiger charge is -2.45. The molecule has 2 amide bonds. The first-order valence-electron chi connectivity index (χ1n) is 8.27. The number of rotatable bonds is 3. The van der Waals surface area contributed by atoms with Crippen molar-refractivity contribution in [2.75, 3.05) is 0 Å². The number of amides is 2. The van der Waals surface area contributed by atoms with Gasteiger partial charge in [-0.2, -0.15) is 13.2 Å². The van der Waals surface area contributed by atoms with Crippen LogP contribution in [0.25, 0.3) is 0 Å². The number of Topliss-reactive ketones (excluding diaryl/α,β-unsaturated/α-hetero) is 1. The third kappa shape index (κ3) is 3.45. The largest absolute Gasteiger partial charge is 0.437 e. The maximum Gasteiger partial charge on any atom is 0.437 e. The van der Waals surface area contributed by atoms with Crippen LogP contribution in [0.2, 0.25) is 0 Å². The zero-order valence-corrected chi connectivity index (χ0v) is 14.5. The molecule has 3 rings (SSSR count). The molecule has 2 aromatic carbocycles. The van der Waals surface area contributed by atoms with Gasteiger partial charge in [0.2, 0.25) is 5.72 Å².